The van der Waals surface area contributed by atoms with Crippen molar-refractivity contribution in [2.24, 2.45) is 0 Å². The van der Waals surface area contributed by atoms with E-state index < -0.39 is 23.6 Å². The minimum Gasteiger partial charge on any atom is -0.495 e. The molecular formula is C24H23BrN2O6S. The Balaban J connectivity index is 1.77. The fourth-order valence-corrected chi connectivity index (χ4v) is 4.50. The molecule has 8 nitrogen and oxygen atoms in total. The fourth-order valence-electron chi connectivity index (χ4n) is 3.09. The lowest BCUT2D eigenvalue weighted by molar-refractivity contribution is -0.127. The number of benzene rings is 2. The summed E-state index contributed by atoms with van der Waals surface area (Å²) in [6.07, 6.45) is 3.20. The molecule has 0 unspecified atom stereocenters. The number of methoxy groups -OCH3 is 1. The molecule has 1 aliphatic rings. The highest BCUT2D eigenvalue weighted by Crippen LogP contribution is 2.39. The smallest absolute Gasteiger partial charge is 0.294 e. The predicted octanol–water partition coefficient (Wildman–Crippen LogP) is 5.10. The summed E-state index contributed by atoms with van der Waals surface area (Å²) in [5.74, 6) is 0.408. The normalized spacial score (nSPS) is 14.3. The van der Waals surface area contributed by atoms with E-state index in [0.29, 0.717) is 46.2 Å². The molecule has 2 aromatic carbocycles. The van der Waals surface area contributed by atoms with Crippen LogP contribution in [0.3, 0.4) is 0 Å². The largest absolute Gasteiger partial charge is 0.495 e. The van der Waals surface area contributed by atoms with Gasteiger partial charge in [0.2, 0.25) is 5.91 Å². The number of halogens is 1. The molecule has 0 spiro atoms. The first kappa shape index (κ1) is 25.4. The van der Waals surface area contributed by atoms with E-state index in [1.807, 2.05) is 6.92 Å². The van der Waals surface area contributed by atoms with Gasteiger partial charge in [0.25, 0.3) is 11.1 Å². The van der Waals surface area contributed by atoms with Gasteiger partial charge in [0.05, 0.1) is 28.8 Å². The number of para-hydroxylation sites is 2. The number of thioether (sulfide) groups is 1. The highest BCUT2D eigenvalue weighted by atomic mass is 79.9. The van der Waals surface area contributed by atoms with Gasteiger partial charge >= 0.3 is 0 Å². The van der Waals surface area contributed by atoms with Crippen molar-refractivity contribution in [1.82, 2.24) is 4.90 Å². The Hall–Kier alpha value is -3.24. The Morgan fingerprint density at radius 1 is 1.21 bits per heavy atom. The zero-order chi connectivity index (χ0) is 24.7. The summed E-state index contributed by atoms with van der Waals surface area (Å²) in [7, 11) is 1.49. The van der Waals surface area contributed by atoms with Crippen LogP contribution < -0.4 is 19.5 Å². The monoisotopic (exact) mass is 546 g/mol. The second kappa shape index (κ2) is 11.8. The van der Waals surface area contributed by atoms with Gasteiger partial charge in [0.1, 0.15) is 18.9 Å². The van der Waals surface area contributed by atoms with Crippen LogP contribution in [0.5, 0.6) is 17.2 Å². The molecule has 0 radical (unpaired) electrons. The molecule has 2 aromatic rings. The summed E-state index contributed by atoms with van der Waals surface area (Å²) in [6, 6.07) is 10.3. The van der Waals surface area contributed by atoms with Crippen molar-refractivity contribution < 1.29 is 28.6 Å². The molecular weight excluding hydrogens is 524 g/mol. The number of hydrogen-bond donors (Lipinski definition) is 1. The molecule has 0 aromatic heterocycles. The molecule has 34 heavy (non-hydrogen) atoms. The van der Waals surface area contributed by atoms with E-state index in [-0.39, 0.29) is 4.91 Å². The van der Waals surface area contributed by atoms with E-state index in [0.717, 1.165) is 16.7 Å². The quantitative estimate of drug-likeness (QED) is 0.327. The Kier molecular flexibility index (Phi) is 8.78. The average molecular weight is 547 g/mol. The van der Waals surface area contributed by atoms with Crippen LogP contribution in [0.25, 0.3) is 6.08 Å². The molecule has 3 amide bonds. The molecule has 10 heteroatoms. The Bertz CT molecular complexity index is 1150. The topological polar surface area (TPSA) is 94.2 Å². The summed E-state index contributed by atoms with van der Waals surface area (Å²) in [4.78, 5) is 38.9. The van der Waals surface area contributed by atoms with Gasteiger partial charge < -0.3 is 19.5 Å². The summed E-state index contributed by atoms with van der Waals surface area (Å²) in [6.45, 7) is 5.79. The van der Waals surface area contributed by atoms with E-state index in [9.17, 15) is 14.4 Å². The van der Waals surface area contributed by atoms with Crippen molar-refractivity contribution >= 4 is 56.5 Å². The van der Waals surface area contributed by atoms with Crippen LogP contribution in [0.4, 0.5) is 10.5 Å². The zero-order valence-electron chi connectivity index (χ0n) is 18.6. The van der Waals surface area contributed by atoms with Gasteiger partial charge in [-0.25, -0.2) is 0 Å². The van der Waals surface area contributed by atoms with Crippen molar-refractivity contribution in [3.63, 3.8) is 0 Å². The number of anilines is 1. The molecule has 0 atom stereocenters. The first-order valence-corrected chi connectivity index (χ1v) is 11.9. The standard InChI is InChI=1S/C24H23BrN2O6S/c1-4-10-33-22-16(25)11-15(12-19(22)32-5-2)13-20-23(29)27(24(30)34-20)14-21(28)26-17-8-6-7-9-18(17)31-3/h4,6-9,11-13H,1,5,10,14H2,2-3H3,(H,26,28)/b20-13+. The minimum atomic E-state index is -0.550. The molecule has 0 aliphatic carbocycles. The maximum Gasteiger partial charge on any atom is 0.294 e. The number of nitrogens with one attached hydrogen (secondary N) is 1. The number of amides is 3. The Morgan fingerprint density at radius 2 is 1.97 bits per heavy atom. The van der Waals surface area contributed by atoms with E-state index in [1.54, 1.807) is 48.6 Å². The van der Waals surface area contributed by atoms with Gasteiger partial charge in [-0.3, -0.25) is 19.3 Å². The molecule has 1 saturated heterocycles. The van der Waals surface area contributed by atoms with E-state index >= 15 is 0 Å². The summed E-state index contributed by atoms with van der Waals surface area (Å²) in [5.41, 5.74) is 1.08. The Morgan fingerprint density at radius 3 is 2.68 bits per heavy atom. The van der Waals surface area contributed by atoms with E-state index in [4.69, 9.17) is 14.2 Å². The SMILES string of the molecule is C=CCOc1c(Br)cc(/C=C2/SC(=O)N(CC(=O)Nc3ccccc3OC)C2=O)cc1OCC. The summed E-state index contributed by atoms with van der Waals surface area (Å²) in [5, 5.41) is 2.14. The third kappa shape index (κ3) is 6.00. The zero-order valence-corrected chi connectivity index (χ0v) is 21.0. The van der Waals surface area contributed by atoms with Gasteiger partial charge in [0, 0.05) is 0 Å². The molecule has 1 N–H and O–H groups in total. The number of nitrogens with zero attached hydrogens (tertiary/aromatic N) is 1. The summed E-state index contributed by atoms with van der Waals surface area (Å²) >= 11 is 4.23. The van der Waals surface area contributed by atoms with Gasteiger partial charge in [-0.15, -0.1) is 0 Å². The van der Waals surface area contributed by atoms with Crippen molar-refractivity contribution in [2.45, 2.75) is 6.92 Å². The second-order valence-electron chi connectivity index (χ2n) is 6.88. The number of carbonyl (C=O) groups excluding carboxylic acids is 3. The first-order valence-electron chi connectivity index (χ1n) is 10.3. The van der Waals surface area contributed by atoms with Gasteiger partial charge in [-0.05, 0) is 70.5 Å². The molecule has 178 valence electrons. The van der Waals surface area contributed by atoms with Crippen LogP contribution >= 0.6 is 27.7 Å². The van der Waals surface area contributed by atoms with Gasteiger partial charge in [0.15, 0.2) is 11.5 Å². The molecule has 3 rings (SSSR count). The van der Waals surface area contributed by atoms with Crippen LogP contribution in [-0.4, -0.2) is 48.8 Å². The van der Waals surface area contributed by atoms with Crippen LogP contribution in [0.1, 0.15) is 12.5 Å². The number of hydrogen-bond acceptors (Lipinski definition) is 7. The van der Waals surface area contributed by atoms with Crippen LogP contribution in [0.2, 0.25) is 0 Å². The van der Waals surface area contributed by atoms with Crippen molar-refractivity contribution in [3.05, 3.63) is 64.0 Å². The van der Waals surface area contributed by atoms with Gasteiger partial charge in [-0.2, -0.15) is 0 Å². The molecule has 0 bridgehead atoms. The number of imide groups is 1. The van der Waals surface area contributed by atoms with E-state index in [1.165, 1.54) is 7.11 Å². The average Bonchev–Trinajstić information content (AvgIpc) is 3.06. The second-order valence-corrected chi connectivity index (χ2v) is 8.73. The first-order chi connectivity index (χ1) is 16.4. The number of ether oxygens (including phenoxy) is 3. The molecule has 1 aliphatic heterocycles. The van der Waals surface area contributed by atoms with Crippen LogP contribution in [0, 0.1) is 0 Å². The third-order valence-electron chi connectivity index (χ3n) is 4.53. The third-order valence-corrected chi connectivity index (χ3v) is 6.03. The lowest BCUT2D eigenvalue weighted by Crippen LogP contribution is -2.36. The Labute approximate surface area is 210 Å². The van der Waals surface area contributed by atoms with Crippen molar-refractivity contribution in [1.29, 1.82) is 0 Å². The van der Waals surface area contributed by atoms with Crippen LogP contribution in [-0.2, 0) is 9.59 Å². The maximum atomic E-state index is 12.9. The maximum absolute atomic E-state index is 12.9. The van der Waals surface area contributed by atoms with Crippen LogP contribution in [0.15, 0.2) is 58.4 Å². The minimum absolute atomic E-state index is 0.198. The fraction of sp³-hybridized carbons (Fsp3) is 0.208. The lowest BCUT2D eigenvalue weighted by atomic mass is 10.2. The summed E-state index contributed by atoms with van der Waals surface area (Å²) < 4.78 is 17.2. The highest BCUT2D eigenvalue weighted by molar-refractivity contribution is 9.10. The predicted molar refractivity (Wildman–Crippen MR) is 135 cm³/mol. The van der Waals surface area contributed by atoms with Crippen molar-refractivity contribution in [3.8, 4) is 17.2 Å². The van der Waals surface area contributed by atoms with E-state index in [2.05, 4.69) is 27.8 Å². The number of carbonyl (C=O) groups is 3. The lowest BCUT2D eigenvalue weighted by Gasteiger charge is -2.14. The molecule has 1 fully saturated rings. The van der Waals surface area contributed by atoms with Gasteiger partial charge in [-0.1, -0.05) is 24.8 Å². The van der Waals surface area contributed by atoms with Crippen molar-refractivity contribution in [2.75, 3.05) is 32.2 Å². The highest BCUT2D eigenvalue weighted by Gasteiger charge is 2.36. The molecule has 0 saturated carbocycles. The number of rotatable bonds is 10. The molecule has 1 heterocycles.